The average Bonchev–Trinajstić information content (AvgIpc) is 2.88. The van der Waals surface area contributed by atoms with Gasteiger partial charge in [-0.15, -0.1) is 0 Å². The molecule has 1 fully saturated rings. The summed E-state index contributed by atoms with van der Waals surface area (Å²) >= 11 is 0. The Hall–Kier alpha value is -1.55. The van der Waals surface area contributed by atoms with Crippen LogP contribution in [0.25, 0.3) is 0 Å². The second kappa shape index (κ2) is 5.87. The Balaban J connectivity index is 2.23. The standard InChI is InChI=1S/C14H20N2O2/c1-15-10-14(17)16-9-5-7-12(16)11-6-3-4-8-13(11)18-2/h3-4,6,8,12,15H,5,7,9-10H2,1-2H3/t12-/m0/s1. The predicted molar refractivity (Wildman–Crippen MR) is 70.6 cm³/mol. The quantitative estimate of drug-likeness (QED) is 0.879. The van der Waals surface area contributed by atoms with Crippen molar-refractivity contribution in [1.29, 1.82) is 0 Å². The molecule has 4 heteroatoms. The minimum absolute atomic E-state index is 0.155. The average molecular weight is 248 g/mol. The number of amides is 1. The molecule has 2 rings (SSSR count). The molecule has 4 nitrogen and oxygen atoms in total. The number of benzene rings is 1. The number of methoxy groups -OCH3 is 1. The van der Waals surface area contributed by atoms with E-state index in [9.17, 15) is 4.79 Å². The maximum absolute atomic E-state index is 12.1. The van der Waals surface area contributed by atoms with E-state index in [1.807, 2.05) is 23.1 Å². The number of likely N-dealkylation sites (tertiary alicyclic amines) is 1. The molecule has 98 valence electrons. The fourth-order valence-corrected chi connectivity index (χ4v) is 2.58. The summed E-state index contributed by atoms with van der Waals surface area (Å²) in [6.45, 7) is 1.23. The number of para-hydroxylation sites is 1. The molecule has 18 heavy (non-hydrogen) atoms. The third kappa shape index (κ3) is 2.48. The SMILES string of the molecule is CNCC(=O)N1CCC[C@H]1c1ccccc1OC. The minimum atomic E-state index is 0.155. The van der Waals surface area contributed by atoms with Gasteiger partial charge in [-0.05, 0) is 26.0 Å². The van der Waals surface area contributed by atoms with E-state index in [4.69, 9.17) is 4.74 Å². The van der Waals surface area contributed by atoms with Crippen LogP contribution in [0.1, 0.15) is 24.4 Å². The molecule has 1 aliphatic rings. The molecule has 0 spiro atoms. The van der Waals surface area contributed by atoms with Crippen molar-refractivity contribution in [2.24, 2.45) is 0 Å². The van der Waals surface area contributed by atoms with Gasteiger partial charge in [0.25, 0.3) is 0 Å². The number of hydrogen-bond donors (Lipinski definition) is 1. The molecule has 0 aliphatic carbocycles. The van der Waals surface area contributed by atoms with E-state index in [0.29, 0.717) is 6.54 Å². The third-order valence-corrected chi connectivity index (χ3v) is 3.40. The summed E-state index contributed by atoms with van der Waals surface area (Å²) in [5.41, 5.74) is 1.11. The maximum atomic E-state index is 12.1. The molecule has 1 saturated heterocycles. The first-order chi connectivity index (χ1) is 8.77. The van der Waals surface area contributed by atoms with E-state index in [1.165, 1.54) is 0 Å². The highest BCUT2D eigenvalue weighted by Crippen LogP contribution is 2.36. The van der Waals surface area contributed by atoms with Crippen LogP contribution in [0.3, 0.4) is 0 Å². The smallest absolute Gasteiger partial charge is 0.237 e. The van der Waals surface area contributed by atoms with Crippen LogP contribution in [0.5, 0.6) is 5.75 Å². The van der Waals surface area contributed by atoms with Crippen LogP contribution in [-0.2, 0) is 4.79 Å². The van der Waals surface area contributed by atoms with Crippen molar-refractivity contribution in [2.45, 2.75) is 18.9 Å². The fraction of sp³-hybridized carbons (Fsp3) is 0.500. The van der Waals surface area contributed by atoms with Gasteiger partial charge in [0.05, 0.1) is 19.7 Å². The van der Waals surface area contributed by atoms with Crippen molar-refractivity contribution in [3.63, 3.8) is 0 Å². The first-order valence-electron chi connectivity index (χ1n) is 6.35. The van der Waals surface area contributed by atoms with Crippen molar-refractivity contribution >= 4 is 5.91 Å². The van der Waals surface area contributed by atoms with Crippen LogP contribution >= 0.6 is 0 Å². The number of likely N-dealkylation sites (N-methyl/N-ethyl adjacent to an activating group) is 1. The lowest BCUT2D eigenvalue weighted by Crippen LogP contribution is -2.36. The molecule has 0 saturated carbocycles. The highest BCUT2D eigenvalue weighted by molar-refractivity contribution is 5.79. The lowest BCUT2D eigenvalue weighted by Gasteiger charge is -2.26. The van der Waals surface area contributed by atoms with Crippen LogP contribution in [0.2, 0.25) is 0 Å². The van der Waals surface area contributed by atoms with E-state index >= 15 is 0 Å². The first kappa shape index (κ1) is 12.9. The number of carbonyl (C=O) groups is 1. The Morgan fingerprint density at radius 3 is 3.00 bits per heavy atom. The highest BCUT2D eigenvalue weighted by atomic mass is 16.5. The van der Waals surface area contributed by atoms with Crippen molar-refractivity contribution in [2.75, 3.05) is 27.2 Å². The summed E-state index contributed by atoms with van der Waals surface area (Å²) in [5, 5.41) is 2.92. The molecular weight excluding hydrogens is 228 g/mol. The second-order valence-electron chi connectivity index (χ2n) is 4.52. The van der Waals surface area contributed by atoms with Gasteiger partial charge < -0.3 is 15.0 Å². The van der Waals surface area contributed by atoms with Gasteiger partial charge in [0, 0.05) is 12.1 Å². The molecule has 0 bridgehead atoms. The van der Waals surface area contributed by atoms with E-state index in [1.54, 1.807) is 14.2 Å². The summed E-state index contributed by atoms with van der Waals surface area (Å²) in [6.07, 6.45) is 2.06. The topological polar surface area (TPSA) is 41.6 Å². The monoisotopic (exact) mass is 248 g/mol. The molecule has 1 aromatic rings. The van der Waals surface area contributed by atoms with Crippen LogP contribution in [0.15, 0.2) is 24.3 Å². The molecule has 0 aromatic heterocycles. The number of carbonyl (C=O) groups excluding carboxylic acids is 1. The molecule has 1 heterocycles. The fourth-order valence-electron chi connectivity index (χ4n) is 2.58. The van der Waals surface area contributed by atoms with Gasteiger partial charge in [0.2, 0.25) is 5.91 Å². The number of nitrogens with zero attached hydrogens (tertiary/aromatic N) is 1. The van der Waals surface area contributed by atoms with Crippen molar-refractivity contribution in [3.05, 3.63) is 29.8 Å². The summed E-state index contributed by atoms with van der Waals surface area (Å²) in [5.74, 6) is 1.03. The van der Waals surface area contributed by atoms with E-state index < -0.39 is 0 Å². The molecule has 1 amide bonds. The normalized spacial score (nSPS) is 19.0. The van der Waals surface area contributed by atoms with Crippen molar-refractivity contribution in [3.8, 4) is 5.75 Å². The van der Waals surface area contributed by atoms with Crippen LogP contribution in [0.4, 0.5) is 0 Å². The molecule has 1 atom stereocenters. The Bertz CT molecular complexity index is 420. The summed E-state index contributed by atoms with van der Waals surface area (Å²) in [4.78, 5) is 14.0. The van der Waals surface area contributed by atoms with Crippen molar-refractivity contribution in [1.82, 2.24) is 10.2 Å². The summed E-state index contributed by atoms with van der Waals surface area (Å²) < 4.78 is 5.39. The second-order valence-corrected chi connectivity index (χ2v) is 4.52. The number of rotatable bonds is 4. The number of ether oxygens (including phenoxy) is 1. The Labute approximate surface area is 108 Å². The molecule has 1 aromatic carbocycles. The molecule has 0 unspecified atom stereocenters. The summed E-state index contributed by atoms with van der Waals surface area (Å²) in [7, 11) is 3.47. The minimum Gasteiger partial charge on any atom is -0.496 e. The lowest BCUT2D eigenvalue weighted by atomic mass is 10.0. The van der Waals surface area contributed by atoms with Crippen molar-refractivity contribution < 1.29 is 9.53 Å². The Kier molecular flexibility index (Phi) is 4.20. The van der Waals surface area contributed by atoms with Gasteiger partial charge in [0.1, 0.15) is 5.75 Å². The highest BCUT2D eigenvalue weighted by Gasteiger charge is 2.30. The van der Waals surface area contributed by atoms with Crippen LogP contribution in [-0.4, -0.2) is 38.1 Å². The van der Waals surface area contributed by atoms with Gasteiger partial charge in [0.15, 0.2) is 0 Å². The lowest BCUT2D eigenvalue weighted by molar-refractivity contribution is -0.131. The molecule has 1 aliphatic heterocycles. The maximum Gasteiger partial charge on any atom is 0.237 e. The summed E-state index contributed by atoms with van der Waals surface area (Å²) in [6, 6.07) is 8.11. The molecule has 1 N–H and O–H groups in total. The van der Waals surface area contributed by atoms with Gasteiger partial charge in [-0.2, -0.15) is 0 Å². The van der Waals surface area contributed by atoms with Gasteiger partial charge in [-0.25, -0.2) is 0 Å². The largest absolute Gasteiger partial charge is 0.496 e. The van der Waals surface area contributed by atoms with Gasteiger partial charge in [-0.1, -0.05) is 18.2 Å². The Morgan fingerprint density at radius 1 is 1.50 bits per heavy atom. The molecular formula is C14H20N2O2. The van der Waals surface area contributed by atoms with E-state index in [-0.39, 0.29) is 11.9 Å². The van der Waals surface area contributed by atoms with E-state index in [2.05, 4.69) is 11.4 Å². The zero-order valence-electron chi connectivity index (χ0n) is 11.0. The zero-order valence-corrected chi connectivity index (χ0v) is 11.0. The van der Waals surface area contributed by atoms with E-state index in [0.717, 1.165) is 30.7 Å². The van der Waals surface area contributed by atoms with Crippen LogP contribution in [0, 0.1) is 0 Å². The van der Waals surface area contributed by atoms with Gasteiger partial charge >= 0.3 is 0 Å². The third-order valence-electron chi connectivity index (χ3n) is 3.40. The number of hydrogen-bond acceptors (Lipinski definition) is 3. The predicted octanol–water partition coefficient (Wildman–Crippen LogP) is 1.58. The molecule has 0 radical (unpaired) electrons. The number of nitrogens with one attached hydrogen (secondary N) is 1. The zero-order chi connectivity index (χ0) is 13.0. The van der Waals surface area contributed by atoms with Crippen LogP contribution < -0.4 is 10.1 Å². The Morgan fingerprint density at radius 2 is 2.28 bits per heavy atom. The van der Waals surface area contributed by atoms with Gasteiger partial charge in [-0.3, -0.25) is 4.79 Å². The first-order valence-corrected chi connectivity index (χ1v) is 6.35.